The highest BCUT2D eigenvalue weighted by Gasteiger charge is 2.06. The van der Waals surface area contributed by atoms with Crippen molar-refractivity contribution in [1.29, 1.82) is 0 Å². The van der Waals surface area contributed by atoms with Crippen LogP contribution >= 0.6 is 0 Å². The van der Waals surface area contributed by atoms with Crippen molar-refractivity contribution < 1.29 is 0 Å². The molecule has 2 nitrogen and oxygen atoms in total. The highest BCUT2D eigenvalue weighted by atomic mass is 14.8. The van der Waals surface area contributed by atoms with Gasteiger partial charge in [-0.05, 0) is 13.8 Å². The normalized spacial score (nSPS) is 17.5. The third-order valence-corrected chi connectivity index (χ3v) is 1.14. The second kappa shape index (κ2) is 2.84. The minimum Gasteiger partial charge on any atom is -0.326 e. The maximum Gasteiger partial charge on any atom is 0.0399 e. The van der Waals surface area contributed by atoms with Crippen LogP contribution < -0.4 is 11.5 Å². The molecule has 0 rings (SSSR count). The summed E-state index contributed by atoms with van der Waals surface area (Å²) in [6, 6.07) is -0.0255. The Morgan fingerprint density at radius 2 is 1.88 bits per heavy atom. The SMILES string of the molecule is C=C(C)C(N)C(C)N. The van der Waals surface area contributed by atoms with Crippen LogP contribution in [0, 0.1) is 0 Å². The lowest BCUT2D eigenvalue weighted by Gasteiger charge is -2.14. The molecule has 2 heteroatoms. The number of rotatable bonds is 2. The second-order valence-corrected chi connectivity index (χ2v) is 2.23. The van der Waals surface area contributed by atoms with E-state index in [1.165, 1.54) is 0 Å². The molecule has 0 amide bonds. The first-order chi connectivity index (χ1) is 3.55. The lowest BCUT2D eigenvalue weighted by atomic mass is 10.1. The summed E-state index contributed by atoms with van der Waals surface area (Å²) in [5.41, 5.74) is 11.9. The molecule has 0 aromatic rings. The van der Waals surface area contributed by atoms with E-state index in [1.807, 2.05) is 13.8 Å². The van der Waals surface area contributed by atoms with Crippen molar-refractivity contribution >= 4 is 0 Å². The number of hydrogen-bond acceptors (Lipinski definition) is 2. The Morgan fingerprint density at radius 3 is 1.88 bits per heavy atom. The van der Waals surface area contributed by atoms with Crippen molar-refractivity contribution in [3.8, 4) is 0 Å². The van der Waals surface area contributed by atoms with Gasteiger partial charge in [-0.2, -0.15) is 0 Å². The van der Waals surface area contributed by atoms with Crippen LogP contribution in [0.2, 0.25) is 0 Å². The van der Waals surface area contributed by atoms with E-state index in [4.69, 9.17) is 11.5 Å². The van der Waals surface area contributed by atoms with Crippen LogP contribution in [0.5, 0.6) is 0 Å². The molecule has 0 spiro atoms. The quantitative estimate of drug-likeness (QED) is 0.505. The van der Waals surface area contributed by atoms with Crippen LogP contribution in [0.3, 0.4) is 0 Å². The van der Waals surface area contributed by atoms with Crippen LogP contribution in [0.1, 0.15) is 13.8 Å². The van der Waals surface area contributed by atoms with Crippen LogP contribution in [0.4, 0.5) is 0 Å². The van der Waals surface area contributed by atoms with Gasteiger partial charge in [-0.25, -0.2) is 0 Å². The van der Waals surface area contributed by atoms with Gasteiger partial charge in [0, 0.05) is 12.1 Å². The molecule has 0 aliphatic heterocycles. The molecule has 0 saturated carbocycles. The van der Waals surface area contributed by atoms with Gasteiger partial charge in [-0.3, -0.25) is 0 Å². The highest BCUT2D eigenvalue weighted by molar-refractivity contribution is 5.03. The fraction of sp³-hybridized carbons (Fsp3) is 0.667. The van der Waals surface area contributed by atoms with E-state index < -0.39 is 0 Å². The van der Waals surface area contributed by atoms with Crippen LogP contribution in [-0.2, 0) is 0 Å². The molecule has 4 N–H and O–H groups in total. The summed E-state index contributed by atoms with van der Waals surface area (Å²) in [5.74, 6) is 0. The van der Waals surface area contributed by atoms with Crippen molar-refractivity contribution in [3.63, 3.8) is 0 Å². The van der Waals surface area contributed by atoms with E-state index in [0.717, 1.165) is 5.57 Å². The van der Waals surface area contributed by atoms with E-state index in [9.17, 15) is 0 Å². The summed E-state index contributed by atoms with van der Waals surface area (Å²) in [7, 11) is 0. The monoisotopic (exact) mass is 114 g/mol. The minimum atomic E-state index is -0.0463. The molecular formula is C6H14N2. The Morgan fingerprint density at radius 1 is 1.50 bits per heavy atom. The van der Waals surface area contributed by atoms with Crippen LogP contribution in [0.15, 0.2) is 12.2 Å². The van der Waals surface area contributed by atoms with Crippen LogP contribution in [0.25, 0.3) is 0 Å². The average Bonchev–Trinajstić information content (AvgIpc) is 1.64. The lowest BCUT2D eigenvalue weighted by Crippen LogP contribution is -2.39. The first-order valence-corrected chi connectivity index (χ1v) is 2.72. The van der Waals surface area contributed by atoms with Gasteiger partial charge in [0.15, 0.2) is 0 Å². The largest absolute Gasteiger partial charge is 0.326 e. The van der Waals surface area contributed by atoms with Gasteiger partial charge in [0.05, 0.1) is 0 Å². The van der Waals surface area contributed by atoms with Gasteiger partial charge >= 0.3 is 0 Å². The van der Waals surface area contributed by atoms with Gasteiger partial charge in [0.1, 0.15) is 0 Å². The summed E-state index contributed by atoms with van der Waals surface area (Å²) in [6.45, 7) is 7.43. The molecule has 0 aliphatic carbocycles. The maximum atomic E-state index is 5.53. The molecule has 8 heavy (non-hydrogen) atoms. The summed E-state index contributed by atoms with van der Waals surface area (Å²) in [5, 5.41) is 0. The zero-order valence-electron chi connectivity index (χ0n) is 5.52. The molecule has 0 aliphatic rings. The molecular weight excluding hydrogens is 100 g/mol. The van der Waals surface area contributed by atoms with Crippen molar-refractivity contribution in [3.05, 3.63) is 12.2 Å². The first-order valence-electron chi connectivity index (χ1n) is 2.72. The van der Waals surface area contributed by atoms with Crippen molar-refractivity contribution in [2.75, 3.05) is 0 Å². The second-order valence-electron chi connectivity index (χ2n) is 2.23. The van der Waals surface area contributed by atoms with Crippen molar-refractivity contribution in [2.24, 2.45) is 11.5 Å². The van der Waals surface area contributed by atoms with E-state index in [0.29, 0.717) is 0 Å². The van der Waals surface area contributed by atoms with E-state index in [1.54, 1.807) is 0 Å². The zero-order valence-corrected chi connectivity index (χ0v) is 5.52. The molecule has 48 valence electrons. The molecule has 0 bridgehead atoms. The summed E-state index contributed by atoms with van der Waals surface area (Å²) in [4.78, 5) is 0. The third kappa shape index (κ3) is 2.09. The molecule has 0 aromatic heterocycles. The van der Waals surface area contributed by atoms with Gasteiger partial charge in [0.2, 0.25) is 0 Å². The maximum absolute atomic E-state index is 5.53. The lowest BCUT2D eigenvalue weighted by molar-refractivity contribution is 0.626. The van der Waals surface area contributed by atoms with E-state index in [-0.39, 0.29) is 12.1 Å². The fourth-order valence-electron chi connectivity index (χ4n) is 0.449. The average molecular weight is 114 g/mol. The van der Waals surface area contributed by atoms with Gasteiger partial charge in [-0.15, -0.1) is 0 Å². The summed E-state index contributed by atoms with van der Waals surface area (Å²) >= 11 is 0. The Hall–Kier alpha value is -0.340. The minimum absolute atomic E-state index is 0.0208. The topological polar surface area (TPSA) is 52.0 Å². The smallest absolute Gasteiger partial charge is 0.0399 e. The summed E-state index contributed by atoms with van der Waals surface area (Å²) in [6.07, 6.45) is 0. The highest BCUT2D eigenvalue weighted by Crippen LogP contribution is 1.96. The molecule has 0 heterocycles. The van der Waals surface area contributed by atoms with Crippen LogP contribution in [-0.4, -0.2) is 12.1 Å². The number of hydrogen-bond donors (Lipinski definition) is 2. The molecule has 0 saturated heterocycles. The van der Waals surface area contributed by atoms with E-state index >= 15 is 0 Å². The standard InChI is InChI=1S/C6H14N2/c1-4(2)6(8)5(3)7/h5-6H,1,7-8H2,2-3H3. The van der Waals surface area contributed by atoms with Gasteiger partial charge in [0.25, 0.3) is 0 Å². The Labute approximate surface area is 50.6 Å². The predicted molar refractivity (Wildman–Crippen MR) is 36.4 cm³/mol. The fourth-order valence-corrected chi connectivity index (χ4v) is 0.449. The van der Waals surface area contributed by atoms with Crippen molar-refractivity contribution in [2.45, 2.75) is 25.9 Å². The molecule has 2 unspecified atom stereocenters. The Kier molecular flexibility index (Phi) is 2.72. The van der Waals surface area contributed by atoms with Crippen molar-refractivity contribution in [1.82, 2.24) is 0 Å². The zero-order chi connectivity index (χ0) is 6.73. The van der Waals surface area contributed by atoms with Gasteiger partial charge in [-0.1, -0.05) is 12.2 Å². The third-order valence-electron chi connectivity index (χ3n) is 1.14. The van der Waals surface area contributed by atoms with E-state index in [2.05, 4.69) is 6.58 Å². The molecule has 0 radical (unpaired) electrons. The molecule has 0 fully saturated rings. The van der Waals surface area contributed by atoms with Gasteiger partial charge < -0.3 is 11.5 Å². The summed E-state index contributed by atoms with van der Waals surface area (Å²) < 4.78 is 0. The molecule has 0 aromatic carbocycles. The Balaban J connectivity index is 3.64. The molecule has 2 atom stereocenters. The Bertz CT molecular complexity index is 86.5. The first kappa shape index (κ1) is 7.66. The predicted octanol–water partition coefficient (Wildman–Crippen LogP) is 0.237. The number of nitrogens with two attached hydrogens (primary N) is 2.